The Morgan fingerprint density at radius 1 is 1.12 bits per heavy atom. The maximum Gasteiger partial charge on any atom is 0.273 e. The summed E-state index contributed by atoms with van der Waals surface area (Å²) in [5.41, 5.74) is 1.73. The molecule has 1 aromatic heterocycles. The van der Waals surface area contributed by atoms with Crippen LogP contribution < -0.4 is 10.0 Å². The number of imidazole rings is 1. The van der Waals surface area contributed by atoms with Crippen molar-refractivity contribution in [2.24, 2.45) is 0 Å². The van der Waals surface area contributed by atoms with Crippen LogP contribution in [0, 0.1) is 0 Å². The SMILES string of the molecule is CS(=O)(=O)Nc1cc(Cl)cc(NC(=O)c2cnc(-c3ccccc3)[nH]2)c1. The molecule has 0 aliphatic heterocycles. The summed E-state index contributed by atoms with van der Waals surface area (Å²) in [5, 5.41) is 2.94. The Hall–Kier alpha value is -2.84. The topological polar surface area (TPSA) is 104 Å². The van der Waals surface area contributed by atoms with E-state index in [0.717, 1.165) is 11.8 Å². The third kappa shape index (κ3) is 4.62. The van der Waals surface area contributed by atoms with Gasteiger partial charge in [-0.3, -0.25) is 9.52 Å². The fourth-order valence-electron chi connectivity index (χ4n) is 2.31. The van der Waals surface area contributed by atoms with Crippen LogP contribution in [-0.2, 0) is 10.0 Å². The van der Waals surface area contributed by atoms with E-state index in [9.17, 15) is 13.2 Å². The van der Waals surface area contributed by atoms with E-state index in [4.69, 9.17) is 11.6 Å². The van der Waals surface area contributed by atoms with Crippen LogP contribution in [-0.4, -0.2) is 30.5 Å². The number of amides is 1. The molecule has 26 heavy (non-hydrogen) atoms. The van der Waals surface area contributed by atoms with E-state index in [1.807, 2.05) is 30.3 Å². The van der Waals surface area contributed by atoms with E-state index >= 15 is 0 Å². The number of halogens is 1. The number of anilines is 2. The number of sulfonamides is 1. The van der Waals surface area contributed by atoms with Gasteiger partial charge in [-0.05, 0) is 18.2 Å². The molecule has 3 rings (SSSR count). The minimum absolute atomic E-state index is 0.255. The second-order valence-electron chi connectivity index (χ2n) is 5.57. The first-order valence-corrected chi connectivity index (χ1v) is 9.77. The summed E-state index contributed by atoms with van der Waals surface area (Å²) in [6.07, 6.45) is 2.46. The van der Waals surface area contributed by atoms with Crippen molar-refractivity contribution >= 4 is 38.9 Å². The van der Waals surface area contributed by atoms with Crippen molar-refractivity contribution < 1.29 is 13.2 Å². The molecule has 3 aromatic rings. The average Bonchev–Trinajstić information content (AvgIpc) is 3.03. The van der Waals surface area contributed by atoms with Crippen molar-refractivity contribution in [2.75, 3.05) is 16.3 Å². The van der Waals surface area contributed by atoms with E-state index in [-0.39, 0.29) is 16.4 Å². The van der Waals surface area contributed by atoms with Crippen molar-refractivity contribution in [1.29, 1.82) is 0 Å². The molecular formula is C17H15ClN4O3S. The van der Waals surface area contributed by atoms with E-state index in [1.54, 1.807) is 0 Å². The molecule has 0 atom stereocenters. The number of benzene rings is 2. The van der Waals surface area contributed by atoms with Crippen molar-refractivity contribution in [1.82, 2.24) is 9.97 Å². The molecule has 2 aromatic carbocycles. The minimum atomic E-state index is -3.46. The summed E-state index contributed by atoms with van der Waals surface area (Å²) in [6.45, 7) is 0. The molecule has 3 N–H and O–H groups in total. The second-order valence-corrected chi connectivity index (χ2v) is 7.75. The summed E-state index contributed by atoms with van der Waals surface area (Å²) in [6, 6.07) is 13.8. The Morgan fingerprint density at radius 3 is 2.50 bits per heavy atom. The molecule has 0 aliphatic carbocycles. The molecule has 0 unspecified atom stereocenters. The lowest BCUT2D eigenvalue weighted by atomic mass is 10.2. The number of aromatic nitrogens is 2. The van der Waals surface area contributed by atoms with Crippen molar-refractivity contribution in [2.45, 2.75) is 0 Å². The molecule has 0 bridgehead atoms. The molecule has 9 heteroatoms. The number of carbonyl (C=O) groups is 1. The van der Waals surface area contributed by atoms with E-state index in [2.05, 4.69) is 20.0 Å². The van der Waals surface area contributed by atoms with E-state index in [0.29, 0.717) is 11.5 Å². The molecule has 0 spiro atoms. The van der Waals surface area contributed by atoms with Gasteiger partial charge in [-0.2, -0.15) is 0 Å². The zero-order valence-corrected chi connectivity index (χ0v) is 15.2. The largest absolute Gasteiger partial charge is 0.334 e. The van der Waals surface area contributed by atoms with Gasteiger partial charge >= 0.3 is 0 Å². The van der Waals surface area contributed by atoms with Crippen LogP contribution in [0.4, 0.5) is 11.4 Å². The normalized spacial score (nSPS) is 11.2. The zero-order valence-electron chi connectivity index (χ0n) is 13.7. The molecule has 0 saturated carbocycles. The number of nitrogens with zero attached hydrogens (tertiary/aromatic N) is 1. The first-order chi connectivity index (χ1) is 12.3. The first kappa shape index (κ1) is 18.0. The Bertz CT molecular complexity index is 1050. The maximum absolute atomic E-state index is 12.4. The Labute approximate surface area is 155 Å². The summed E-state index contributed by atoms with van der Waals surface area (Å²) >= 11 is 5.99. The molecule has 7 nitrogen and oxygen atoms in total. The molecule has 0 fully saturated rings. The number of rotatable bonds is 5. The Kier molecular flexibility index (Phi) is 4.97. The van der Waals surface area contributed by atoms with Crippen molar-refractivity contribution in [3.63, 3.8) is 0 Å². The monoisotopic (exact) mass is 390 g/mol. The first-order valence-electron chi connectivity index (χ1n) is 7.50. The predicted octanol–water partition coefficient (Wildman–Crippen LogP) is 3.35. The smallest absolute Gasteiger partial charge is 0.273 e. The van der Waals surface area contributed by atoms with Gasteiger partial charge in [0.25, 0.3) is 5.91 Å². The van der Waals surface area contributed by atoms with Gasteiger partial charge in [-0.15, -0.1) is 0 Å². The number of aromatic amines is 1. The van der Waals surface area contributed by atoms with Gasteiger partial charge in [0, 0.05) is 16.3 Å². The van der Waals surface area contributed by atoms with Crippen LogP contribution >= 0.6 is 11.6 Å². The maximum atomic E-state index is 12.4. The second kappa shape index (κ2) is 7.19. The summed E-state index contributed by atoms with van der Waals surface area (Å²) < 4.78 is 25.0. The molecule has 0 saturated heterocycles. The highest BCUT2D eigenvalue weighted by atomic mass is 35.5. The van der Waals surface area contributed by atoms with E-state index < -0.39 is 15.9 Å². The molecule has 1 heterocycles. The van der Waals surface area contributed by atoms with Crippen LogP contribution in [0.3, 0.4) is 0 Å². The van der Waals surface area contributed by atoms with Crippen LogP contribution in [0.1, 0.15) is 10.5 Å². The fourth-order valence-corrected chi connectivity index (χ4v) is 3.09. The number of carbonyl (C=O) groups excluding carboxylic acids is 1. The van der Waals surface area contributed by atoms with Gasteiger partial charge in [0.05, 0.1) is 18.1 Å². The number of nitrogens with one attached hydrogen (secondary N) is 3. The zero-order chi connectivity index (χ0) is 18.7. The van der Waals surface area contributed by atoms with Gasteiger partial charge in [0.1, 0.15) is 11.5 Å². The van der Waals surface area contributed by atoms with Crippen molar-refractivity contribution in [3.8, 4) is 11.4 Å². The highest BCUT2D eigenvalue weighted by molar-refractivity contribution is 7.92. The quantitative estimate of drug-likeness (QED) is 0.621. The molecular weight excluding hydrogens is 376 g/mol. The standard InChI is InChI=1S/C17H15ClN4O3S/c1-26(24,25)22-14-8-12(18)7-13(9-14)20-17(23)15-10-19-16(21-15)11-5-3-2-4-6-11/h2-10,22H,1H3,(H,19,21)(H,20,23). The Balaban J connectivity index is 1.79. The molecule has 0 radical (unpaired) electrons. The third-order valence-electron chi connectivity index (χ3n) is 3.33. The third-order valence-corrected chi connectivity index (χ3v) is 4.15. The lowest BCUT2D eigenvalue weighted by molar-refractivity contribution is 0.102. The van der Waals surface area contributed by atoms with Gasteiger partial charge in [-0.25, -0.2) is 13.4 Å². The van der Waals surface area contributed by atoms with Crippen LogP contribution in [0.2, 0.25) is 5.02 Å². The van der Waals surface area contributed by atoms with Crippen molar-refractivity contribution in [3.05, 3.63) is 65.4 Å². The van der Waals surface area contributed by atoms with Crippen LogP contribution in [0.25, 0.3) is 11.4 Å². The predicted molar refractivity (Wildman–Crippen MR) is 102 cm³/mol. The highest BCUT2D eigenvalue weighted by Crippen LogP contribution is 2.24. The minimum Gasteiger partial charge on any atom is -0.334 e. The number of hydrogen-bond donors (Lipinski definition) is 3. The molecule has 0 aliphatic rings. The molecule has 1 amide bonds. The molecule has 134 valence electrons. The van der Waals surface area contributed by atoms with Gasteiger partial charge in [-0.1, -0.05) is 41.9 Å². The number of hydrogen-bond acceptors (Lipinski definition) is 4. The van der Waals surface area contributed by atoms with Gasteiger partial charge in [0.15, 0.2) is 0 Å². The lowest BCUT2D eigenvalue weighted by Gasteiger charge is -2.09. The Morgan fingerprint density at radius 2 is 1.81 bits per heavy atom. The fraction of sp³-hybridized carbons (Fsp3) is 0.0588. The average molecular weight is 391 g/mol. The van der Waals surface area contributed by atoms with Crippen LogP contribution in [0.15, 0.2) is 54.7 Å². The van der Waals surface area contributed by atoms with E-state index in [1.165, 1.54) is 24.4 Å². The number of H-pyrrole nitrogens is 1. The van der Waals surface area contributed by atoms with Gasteiger partial charge in [0.2, 0.25) is 10.0 Å². The van der Waals surface area contributed by atoms with Crippen LogP contribution in [0.5, 0.6) is 0 Å². The summed E-state index contributed by atoms with van der Waals surface area (Å²) in [5.74, 6) is 0.147. The lowest BCUT2D eigenvalue weighted by Crippen LogP contribution is -2.13. The highest BCUT2D eigenvalue weighted by Gasteiger charge is 2.12. The summed E-state index contributed by atoms with van der Waals surface area (Å²) in [4.78, 5) is 19.6. The summed E-state index contributed by atoms with van der Waals surface area (Å²) in [7, 11) is -3.46. The van der Waals surface area contributed by atoms with Gasteiger partial charge < -0.3 is 10.3 Å².